The maximum absolute atomic E-state index is 9.86. The number of aromatic hydroxyl groups is 1. The molecule has 5 heteroatoms. The van der Waals surface area contributed by atoms with Crippen molar-refractivity contribution >= 4 is 0 Å². The summed E-state index contributed by atoms with van der Waals surface area (Å²) in [6.07, 6.45) is 1.24. The molecular formula is C16H25N3O2. The van der Waals surface area contributed by atoms with Crippen LogP contribution in [0, 0.1) is 0 Å². The van der Waals surface area contributed by atoms with Gasteiger partial charge < -0.3 is 15.2 Å². The molecule has 2 heterocycles. The van der Waals surface area contributed by atoms with Crippen LogP contribution in [0.25, 0.3) is 0 Å². The Morgan fingerprint density at radius 3 is 2.86 bits per heavy atom. The van der Waals surface area contributed by atoms with Gasteiger partial charge in [-0.3, -0.25) is 9.80 Å². The summed E-state index contributed by atoms with van der Waals surface area (Å²) in [6, 6.07) is 6.28. The summed E-state index contributed by atoms with van der Waals surface area (Å²) < 4.78 is 5.33. The smallest absolute Gasteiger partial charge is 0.164 e. The molecule has 0 radical (unpaired) electrons. The van der Waals surface area contributed by atoms with Crippen LogP contribution in [0.4, 0.5) is 0 Å². The molecule has 2 aliphatic heterocycles. The van der Waals surface area contributed by atoms with Gasteiger partial charge in [-0.25, -0.2) is 0 Å². The molecule has 1 aromatic carbocycles. The summed E-state index contributed by atoms with van der Waals surface area (Å²) >= 11 is 0. The molecule has 2 saturated heterocycles. The number of nitrogens with one attached hydrogen (secondary N) is 1. The number of likely N-dealkylation sites (tertiary alicyclic amines) is 1. The van der Waals surface area contributed by atoms with Crippen molar-refractivity contribution in [2.24, 2.45) is 0 Å². The molecule has 2 fully saturated rings. The quantitative estimate of drug-likeness (QED) is 0.862. The second-order valence-electron chi connectivity index (χ2n) is 5.93. The maximum Gasteiger partial charge on any atom is 0.164 e. The predicted molar refractivity (Wildman–Crippen MR) is 82.8 cm³/mol. The van der Waals surface area contributed by atoms with E-state index in [-0.39, 0.29) is 5.75 Å². The highest BCUT2D eigenvalue weighted by Gasteiger charge is 2.28. The number of nitrogens with zero attached hydrogens (tertiary/aromatic N) is 2. The normalized spacial score (nSPS) is 24.3. The van der Waals surface area contributed by atoms with Gasteiger partial charge in [-0.1, -0.05) is 12.1 Å². The Morgan fingerprint density at radius 1 is 1.29 bits per heavy atom. The number of rotatable bonds is 4. The lowest BCUT2D eigenvalue weighted by molar-refractivity contribution is 0.170. The molecule has 1 aromatic rings. The van der Waals surface area contributed by atoms with E-state index in [1.807, 2.05) is 12.1 Å². The third kappa shape index (κ3) is 3.31. The SMILES string of the molecule is COc1c(O)cccc1CN1CCC(N2CCNCC2)C1. The molecule has 3 rings (SSSR count). The van der Waals surface area contributed by atoms with Crippen LogP contribution >= 0.6 is 0 Å². The molecule has 0 amide bonds. The average Bonchev–Trinajstić information content (AvgIpc) is 2.97. The minimum absolute atomic E-state index is 0.229. The van der Waals surface area contributed by atoms with Crippen LogP contribution in [0.5, 0.6) is 11.5 Å². The fourth-order valence-electron chi connectivity index (χ4n) is 3.47. The van der Waals surface area contributed by atoms with E-state index in [0.717, 1.165) is 51.4 Å². The Hall–Kier alpha value is -1.30. The van der Waals surface area contributed by atoms with Gasteiger partial charge in [0, 0.05) is 57.4 Å². The standard InChI is InChI=1S/C16H25N3O2/c1-21-16-13(3-2-4-15(16)20)11-18-8-5-14(12-18)19-9-6-17-7-10-19/h2-4,14,17,20H,5-12H2,1H3. The van der Waals surface area contributed by atoms with Gasteiger partial charge in [-0.2, -0.15) is 0 Å². The lowest BCUT2D eigenvalue weighted by atomic mass is 10.1. The third-order valence-corrected chi connectivity index (χ3v) is 4.59. The molecule has 0 aromatic heterocycles. The maximum atomic E-state index is 9.86. The molecule has 21 heavy (non-hydrogen) atoms. The monoisotopic (exact) mass is 291 g/mol. The summed E-state index contributed by atoms with van der Waals surface area (Å²) in [5.41, 5.74) is 1.07. The fraction of sp³-hybridized carbons (Fsp3) is 0.625. The van der Waals surface area contributed by atoms with Crippen molar-refractivity contribution in [3.63, 3.8) is 0 Å². The molecule has 0 saturated carbocycles. The van der Waals surface area contributed by atoms with Gasteiger partial charge in [0.2, 0.25) is 0 Å². The van der Waals surface area contributed by atoms with E-state index in [2.05, 4.69) is 15.1 Å². The molecule has 0 spiro atoms. The molecule has 2 aliphatic rings. The van der Waals surface area contributed by atoms with Crippen LogP contribution < -0.4 is 10.1 Å². The Labute approximate surface area is 126 Å². The number of hydrogen-bond acceptors (Lipinski definition) is 5. The Kier molecular flexibility index (Phi) is 4.63. The van der Waals surface area contributed by atoms with Gasteiger partial charge in [0.05, 0.1) is 7.11 Å². The summed E-state index contributed by atoms with van der Waals surface area (Å²) in [7, 11) is 1.62. The van der Waals surface area contributed by atoms with Crippen molar-refractivity contribution in [3.8, 4) is 11.5 Å². The van der Waals surface area contributed by atoms with Crippen LogP contribution in [-0.4, -0.2) is 67.3 Å². The topological polar surface area (TPSA) is 48.0 Å². The van der Waals surface area contributed by atoms with E-state index >= 15 is 0 Å². The van der Waals surface area contributed by atoms with Crippen molar-refractivity contribution in [3.05, 3.63) is 23.8 Å². The Balaban J connectivity index is 1.61. The number of methoxy groups -OCH3 is 1. The predicted octanol–water partition coefficient (Wildman–Crippen LogP) is 0.880. The number of hydrogen-bond donors (Lipinski definition) is 2. The van der Waals surface area contributed by atoms with E-state index < -0.39 is 0 Å². The van der Waals surface area contributed by atoms with E-state index in [0.29, 0.717) is 11.8 Å². The first-order valence-electron chi connectivity index (χ1n) is 7.80. The minimum atomic E-state index is 0.229. The van der Waals surface area contributed by atoms with Crippen LogP contribution in [0.1, 0.15) is 12.0 Å². The molecule has 1 atom stereocenters. The van der Waals surface area contributed by atoms with Crippen LogP contribution in [0.15, 0.2) is 18.2 Å². The molecule has 5 nitrogen and oxygen atoms in total. The van der Waals surface area contributed by atoms with E-state index in [4.69, 9.17) is 4.74 Å². The van der Waals surface area contributed by atoms with E-state index in [1.54, 1.807) is 13.2 Å². The summed E-state index contributed by atoms with van der Waals surface area (Å²) in [5.74, 6) is 0.843. The zero-order chi connectivity index (χ0) is 14.7. The molecule has 0 aliphatic carbocycles. The first kappa shape index (κ1) is 14.6. The molecule has 2 N–H and O–H groups in total. The lowest BCUT2D eigenvalue weighted by Crippen LogP contribution is -2.49. The summed E-state index contributed by atoms with van der Waals surface area (Å²) in [5, 5.41) is 13.3. The fourth-order valence-corrected chi connectivity index (χ4v) is 3.47. The lowest BCUT2D eigenvalue weighted by Gasteiger charge is -2.32. The number of phenolic OH excluding ortho intramolecular Hbond substituents is 1. The molecule has 1 unspecified atom stereocenters. The zero-order valence-corrected chi connectivity index (χ0v) is 12.7. The summed E-state index contributed by atoms with van der Waals surface area (Å²) in [4.78, 5) is 5.07. The van der Waals surface area contributed by atoms with Crippen molar-refractivity contribution in [2.75, 3.05) is 46.4 Å². The van der Waals surface area contributed by atoms with Gasteiger partial charge in [0.15, 0.2) is 11.5 Å². The molecular weight excluding hydrogens is 266 g/mol. The Morgan fingerprint density at radius 2 is 2.10 bits per heavy atom. The zero-order valence-electron chi connectivity index (χ0n) is 12.7. The van der Waals surface area contributed by atoms with Crippen LogP contribution in [0.2, 0.25) is 0 Å². The van der Waals surface area contributed by atoms with Crippen molar-refractivity contribution in [2.45, 2.75) is 19.0 Å². The second kappa shape index (κ2) is 6.64. The van der Waals surface area contributed by atoms with Crippen LogP contribution in [0.3, 0.4) is 0 Å². The van der Waals surface area contributed by atoms with Crippen molar-refractivity contribution in [1.29, 1.82) is 0 Å². The largest absolute Gasteiger partial charge is 0.504 e. The van der Waals surface area contributed by atoms with Gasteiger partial charge in [0.25, 0.3) is 0 Å². The first-order chi connectivity index (χ1) is 10.3. The molecule has 116 valence electrons. The van der Waals surface area contributed by atoms with Gasteiger partial charge in [-0.05, 0) is 12.5 Å². The number of piperazine rings is 1. The van der Waals surface area contributed by atoms with Gasteiger partial charge >= 0.3 is 0 Å². The number of para-hydroxylation sites is 1. The summed E-state index contributed by atoms with van der Waals surface area (Å²) in [6.45, 7) is 7.61. The van der Waals surface area contributed by atoms with E-state index in [9.17, 15) is 5.11 Å². The highest BCUT2D eigenvalue weighted by atomic mass is 16.5. The van der Waals surface area contributed by atoms with Gasteiger partial charge in [0.1, 0.15) is 0 Å². The number of benzene rings is 1. The Bertz CT molecular complexity index is 475. The number of ether oxygens (including phenoxy) is 1. The van der Waals surface area contributed by atoms with Crippen molar-refractivity contribution in [1.82, 2.24) is 15.1 Å². The molecule has 0 bridgehead atoms. The minimum Gasteiger partial charge on any atom is -0.504 e. The second-order valence-corrected chi connectivity index (χ2v) is 5.93. The third-order valence-electron chi connectivity index (χ3n) is 4.59. The van der Waals surface area contributed by atoms with Crippen molar-refractivity contribution < 1.29 is 9.84 Å². The highest BCUT2D eigenvalue weighted by Crippen LogP contribution is 2.31. The van der Waals surface area contributed by atoms with Crippen LogP contribution in [-0.2, 0) is 6.54 Å². The average molecular weight is 291 g/mol. The van der Waals surface area contributed by atoms with Gasteiger partial charge in [-0.15, -0.1) is 0 Å². The first-order valence-corrected chi connectivity index (χ1v) is 7.80. The number of phenols is 1. The highest BCUT2D eigenvalue weighted by molar-refractivity contribution is 5.45. The van der Waals surface area contributed by atoms with E-state index in [1.165, 1.54) is 6.42 Å².